The van der Waals surface area contributed by atoms with Crippen LogP contribution in [-0.2, 0) is 32.7 Å². The number of hydrogen-bond donors (Lipinski definition) is 3. The molecule has 0 aliphatic carbocycles. The van der Waals surface area contributed by atoms with Crippen molar-refractivity contribution in [3.05, 3.63) is 65.2 Å². The maximum atomic E-state index is 12.2. The number of carbonyl (C=O) groups is 2. The molecule has 2 amide bonds. The number of esters is 1. The molecule has 202 valence electrons. The number of benzene rings is 2. The van der Waals surface area contributed by atoms with Gasteiger partial charge < -0.3 is 30.0 Å². The Bertz CT molecular complexity index is 1220. The highest BCUT2D eigenvalue weighted by Gasteiger charge is 2.32. The van der Waals surface area contributed by atoms with Gasteiger partial charge in [-0.25, -0.2) is 9.48 Å². The van der Waals surface area contributed by atoms with Crippen molar-refractivity contribution in [1.82, 2.24) is 25.5 Å². The van der Waals surface area contributed by atoms with Crippen molar-refractivity contribution >= 4 is 29.4 Å². The van der Waals surface area contributed by atoms with E-state index in [-0.39, 0.29) is 32.0 Å². The van der Waals surface area contributed by atoms with Crippen molar-refractivity contribution in [3.8, 4) is 0 Å². The van der Waals surface area contributed by atoms with E-state index in [1.807, 2.05) is 30.3 Å². The van der Waals surface area contributed by atoms with Crippen molar-refractivity contribution < 1.29 is 28.9 Å². The number of nitrogens with zero attached hydrogens (tertiary/aromatic N) is 4. The normalized spacial score (nSPS) is 19.1. The summed E-state index contributed by atoms with van der Waals surface area (Å²) in [5.41, 5.74) is 3.03. The molecule has 13 heteroatoms. The molecule has 3 aromatic rings. The minimum absolute atomic E-state index is 0.0320. The number of aryl methyl sites for hydroxylation is 1. The predicted molar refractivity (Wildman–Crippen MR) is 138 cm³/mol. The van der Waals surface area contributed by atoms with Crippen molar-refractivity contribution in [2.45, 2.75) is 43.6 Å². The molecule has 1 aromatic heterocycles. The molecular weight excluding hydrogens is 512 g/mol. The molecule has 1 saturated heterocycles. The molecular formula is C25H30N6O6S. The molecule has 3 unspecified atom stereocenters. The SMILES string of the molecule is CCOC(=O)CNC(=O)Nc1cccc(C2OC(CSc3nnnn3C)CC(c3ccc(CO)cc3)O2)c1. The Labute approximate surface area is 224 Å². The molecule has 0 bridgehead atoms. The molecule has 1 aliphatic rings. The first-order valence-electron chi connectivity index (χ1n) is 12.1. The number of tetrazole rings is 1. The number of amides is 2. The van der Waals surface area contributed by atoms with E-state index in [4.69, 9.17) is 14.2 Å². The van der Waals surface area contributed by atoms with Crippen LogP contribution in [0.5, 0.6) is 0 Å². The van der Waals surface area contributed by atoms with Gasteiger partial charge in [-0.2, -0.15) is 0 Å². The highest BCUT2D eigenvalue weighted by molar-refractivity contribution is 7.99. The van der Waals surface area contributed by atoms with Crippen LogP contribution >= 0.6 is 11.8 Å². The quantitative estimate of drug-likeness (QED) is 0.258. The number of urea groups is 1. The molecule has 1 aliphatic heterocycles. The number of thioether (sulfide) groups is 1. The van der Waals surface area contributed by atoms with Crippen molar-refractivity contribution in [1.29, 1.82) is 0 Å². The summed E-state index contributed by atoms with van der Waals surface area (Å²) in [6, 6.07) is 14.3. The molecule has 3 N–H and O–H groups in total. The lowest BCUT2D eigenvalue weighted by Crippen LogP contribution is -2.34. The monoisotopic (exact) mass is 542 g/mol. The maximum Gasteiger partial charge on any atom is 0.325 e. The molecule has 0 saturated carbocycles. The van der Waals surface area contributed by atoms with Crippen LogP contribution in [0.3, 0.4) is 0 Å². The smallest absolute Gasteiger partial charge is 0.325 e. The molecule has 4 rings (SSSR count). The second-order valence-electron chi connectivity index (χ2n) is 8.48. The maximum absolute atomic E-state index is 12.2. The van der Waals surface area contributed by atoms with Crippen LogP contribution in [0.4, 0.5) is 10.5 Å². The lowest BCUT2D eigenvalue weighted by molar-refractivity contribution is -0.245. The first kappa shape index (κ1) is 27.5. The second kappa shape index (κ2) is 13.3. The predicted octanol–water partition coefficient (Wildman–Crippen LogP) is 2.72. The molecule has 38 heavy (non-hydrogen) atoms. The van der Waals surface area contributed by atoms with E-state index >= 15 is 0 Å². The zero-order valence-electron chi connectivity index (χ0n) is 21.1. The van der Waals surface area contributed by atoms with Crippen LogP contribution in [0.25, 0.3) is 0 Å². The summed E-state index contributed by atoms with van der Waals surface area (Å²) in [5.74, 6) is 0.0903. The standard InChI is InChI=1S/C25H30N6O6S/c1-3-35-22(33)13-26-24(34)27-19-6-4-5-18(11-19)23-36-20(15-38-25-28-29-30-31(25)2)12-21(37-23)17-9-7-16(14-32)8-10-17/h4-11,20-21,23,32H,3,12-15H2,1-2H3,(H2,26,27,34). The number of rotatable bonds is 10. The zero-order valence-corrected chi connectivity index (χ0v) is 21.9. The van der Waals surface area contributed by atoms with Gasteiger partial charge in [-0.15, -0.1) is 5.10 Å². The summed E-state index contributed by atoms with van der Waals surface area (Å²) in [7, 11) is 1.78. The molecule has 3 atom stereocenters. The fourth-order valence-corrected chi connectivity index (χ4v) is 4.70. The highest BCUT2D eigenvalue weighted by atomic mass is 32.2. The van der Waals surface area contributed by atoms with E-state index in [9.17, 15) is 14.7 Å². The third-order valence-corrected chi connectivity index (χ3v) is 6.85. The fourth-order valence-electron chi connectivity index (χ4n) is 3.84. The summed E-state index contributed by atoms with van der Waals surface area (Å²) in [4.78, 5) is 23.7. The number of anilines is 1. The lowest BCUT2D eigenvalue weighted by atomic mass is 10.0. The van der Waals surface area contributed by atoms with E-state index in [0.717, 1.165) is 16.7 Å². The topological polar surface area (TPSA) is 150 Å². The summed E-state index contributed by atoms with van der Waals surface area (Å²) in [6.07, 6.45) is -0.517. The molecule has 12 nitrogen and oxygen atoms in total. The molecule has 0 radical (unpaired) electrons. The van der Waals surface area contributed by atoms with Gasteiger partial charge in [-0.1, -0.05) is 48.2 Å². The largest absolute Gasteiger partial charge is 0.465 e. The van der Waals surface area contributed by atoms with Gasteiger partial charge in [0.1, 0.15) is 6.54 Å². The third-order valence-electron chi connectivity index (χ3n) is 5.71. The van der Waals surface area contributed by atoms with E-state index in [1.165, 1.54) is 11.8 Å². The highest BCUT2D eigenvalue weighted by Crippen LogP contribution is 2.39. The van der Waals surface area contributed by atoms with Crippen molar-refractivity contribution in [2.75, 3.05) is 24.2 Å². The van der Waals surface area contributed by atoms with E-state index in [2.05, 4.69) is 26.2 Å². The van der Waals surface area contributed by atoms with Gasteiger partial charge in [-0.05, 0) is 40.6 Å². The Morgan fingerprint density at radius 1 is 1.18 bits per heavy atom. The average molecular weight is 543 g/mol. The van der Waals surface area contributed by atoms with Gasteiger partial charge in [0.25, 0.3) is 0 Å². The third kappa shape index (κ3) is 7.51. The number of aliphatic hydroxyl groups is 1. The second-order valence-corrected chi connectivity index (χ2v) is 9.47. The Kier molecular flexibility index (Phi) is 9.65. The lowest BCUT2D eigenvalue weighted by Gasteiger charge is -2.36. The summed E-state index contributed by atoms with van der Waals surface area (Å²) >= 11 is 1.49. The van der Waals surface area contributed by atoms with E-state index in [1.54, 1.807) is 36.9 Å². The van der Waals surface area contributed by atoms with Gasteiger partial charge in [0.15, 0.2) is 6.29 Å². The Morgan fingerprint density at radius 3 is 2.71 bits per heavy atom. The summed E-state index contributed by atoms with van der Waals surface area (Å²) < 4.78 is 19.1. The van der Waals surface area contributed by atoms with Gasteiger partial charge in [-0.3, -0.25) is 4.79 Å². The van der Waals surface area contributed by atoms with Crippen LogP contribution in [0.2, 0.25) is 0 Å². The number of carbonyl (C=O) groups excluding carboxylic acids is 2. The Hall–Kier alpha value is -3.52. The minimum atomic E-state index is -0.696. The van der Waals surface area contributed by atoms with Crippen LogP contribution in [0, 0.1) is 0 Å². The molecule has 2 aromatic carbocycles. The van der Waals surface area contributed by atoms with Crippen molar-refractivity contribution in [3.63, 3.8) is 0 Å². The van der Waals surface area contributed by atoms with E-state index in [0.29, 0.717) is 23.0 Å². The number of aliphatic hydroxyl groups excluding tert-OH is 1. The number of nitrogens with one attached hydrogen (secondary N) is 2. The van der Waals surface area contributed by atoms with Crippen LogP contribution in [0.15, 0.2) is 53.7 Å². The fraction of sp³-hybridized carbons (Fsp3) is 0.400. The van der Waals surface area contributed by atoms with Gasteiger partial charge in [0.2, 0.25) is 5.16 Å². The summed E-state index contributed by atoms with van der Waals surface area (Å²) in [5, 5.41) is 26.8. The van der Waals surface area contributed by atoms with Crippen LogP contribution < -0.4 is 10.6 Å². The number of aromatic nitrogens is 4. The minimum Gasteiger partial charge on any atom is -0.465 e. The molecule has 1 fully saturated rings. The van der Waals surface area contributed by atoms with Gasteiger partial charge in [0.05, 0.1) is 25.4 Å². The number of ether oxygens (including phenoxy) is 3. The zero-order chi connectivity index (χ0) is 26.9. The van der Waals surface area contributed by atoms with Gasteiger partial charge in [0, 0.05) is 30.5 Å². The Balaban J connectivity index is 1.47. The van der Waals surface area contributed by atoms with Crippen LogP contribution in [-0.4, -0.2) is 62.3 Å². The first-order chi connectivity index (χ1) is 18.4. The Morgan fingerprint density at radius 2 is 2.00 bits per heavy atom. The van der Waals surface area contributed by atoms with E-state index < -0.39 is 18.3 Å². The van der Waals surface area contributed by atoms with Crippen molar-refractivity contribution in [2.24, 2.45) is 7.05 Å². The first-order valence-corrected chi connectivity index (χ1v) is 13.1. The van der Waals surface area contributed by atoms with Gasteiger partial charge >= 0.3 is 12.0 Å². The molecule has 2 heterocycles. The molecule has 0 spiro atoms. The van der Waals surface area contributed by atoms with Crippen LogP contribution in [0.1, 0.15) is 42.4 Å². The number of hydrogen-bond acceptors (Lipinski definition) is 10. The average Bonchev–Trinajstić information content (AvgIpc) is 3.35. The summed E-state index contributed by atoms with van der Waals surface area (Å²) in [6.45, 7) is 1.68.